The first-order valence-corrected chi connectivity index (χ1v) is 8.75. The Morgan fingerprint density at radius 1 is 1.00 bits per heavy atom. The van der Waals surface area contributed by atoms with E-state index in [1.54, 1.807) is 0 Å². The first-order chi connectivity index (χ1) is 10.2. The maximum atomic E-state index is 11.2. The minimum atomic E-state index is -0.645. The highest BCUT2D eigenvalue weighted by molar-refractivity contribution is 5.22. The van der Waals surface area contributed by atoms with Crippen molar-refractivity contribution in [1.29, 1.82) is 0 Å². The molecular formula is C19H31NO. The van der Waals surface area contributed by atoms with Crippen LogP contribution in [0.2, 0.25) is 0 Å². The zero-order chi connectivity index (χ0) is 15.0. The van der Waals surface area contributed by atoms with Crippen molar-refractivity contribution in [3.05, 3.63) is 35.9 Å². The lowest BCUT2D eigenvalue weighted by Gasteiger charge is -2.33. The summed E-state index contributed by atoms with van der Waals surface area (Å²) in [7, 11) is 0. The molecule has 0 amide bonds. The van der Waals surface area contributed by atoms with E-state index in [0.29, 0.717) is 0 Å². The summed E-state index contributed by atoms with van der Waals surface area (Å²) in [6.07, 6.45) is 9.28. The summed E-state index contributed by atoms with van der Waals surface area (Å²) in [4.78, 5) is 2.53. The van der Waals surface area contributed by atoms with Crippen LogP contribution in [0.4, 0.5) is 0 Å². The Kier molecular flexibility index (Phi) is 6.72. The Morgan fingerprint density at radius 3 is 2.38 bits per heavy atom. The van der Waals surface area contributed by atoms with E-state index in [1.807, 2.05) is 18.2 Å². The van der Waals surface area contributed by atoms with Crippen LogP contribution in [-0.4, -0.2) is 29.6 Å². The van der Waals surface area contributed by atoms with Gasteiger partial charge in [0.05, 0.1) is 5.60 Å². The predicted molar refractivity (Wildman–Crippen MR) is 89.4 cm³/mol. The average Bonchev–Trinajstić information content (AvgIpc) is 2.55. The third kappa shape index (κ3) is 5.12. The predicted octanol–water partition coefficient (Wildman–Crippen LogP) is 4.33. The Labute approximate surface area is 130 Å². The highest BCUT2D eigenvalue weighted by Crippen LogP contribution is 2.31. The second-order valence-corrected chi connectivity index (χ2v) is 6.51. The van der Waals surface area contributed by atoms with Gasteiger partial charge in [-0.05, 0) is 44.3 Å². The van der Waals surface area contributed by atoms with Gasteiger partial charge in [0, 0.05) is 6.54 Å². The number of likely N-dealkylation sites (tertiary alicyclic amines) is 1. The van der Waals surface area contributed by atoms with E-state index in [0.717, 1.165) is 31.4 Å². The molecule has 1 aromatic carbocycles. The van der Waals surface area contributed by atoms with E-state index in [4.69, 9.17) is 0 Å². The van der Waals surface area contributed by atoms with Gasteiger partial charge in [-0.15, -0.1) is 0 Å². The zero-order valence-electron chi connectivity index (χ0n) is 13.6. The summed E-state index contributed by atoms with van der Waals surface area (Å²) in [5, 5.41) is 11.2. The molecule has 0 spiro atoms. The van der Waals surface area contributed by atoms with E-state index in [2.05, 4.69) is 24.0 Å². The number of unbranched alkanes of at least 4 members (excludes halogenated alkanes) is 2. The van der Waals surface area contributed by atoms with Gasteiger partial charge < -0.3 is 10.0 Å². The second-order valence-electron chi connectivity index (χ2n) is 6.51. The molecule has 2 rings (SSSR count). The monoisotopic (exact) mass is 289 g/mol. The normalized spacial score (nSPS) is 19.3. The van der Waals surface area contributed by atoms with Crippen molar-refractivity contribution in [3.8, 4) is 0 Å². The second kappa shape index (κ2) is 8.55. The molecule has 118 valence electrons. The minimum absolute atomic E-state index is 0.645. The van der Waals surface area contributed by atoms with Crippen molar-refractivity contribution in [1.82, 2.24) is 4.90 Å². The van der Waals surface area contributed by atoms with Gasteiger partial charge in [-0.2, -0.15) is 0 Å². The molecule has 1 fully saturated rings. The molecule has 0 unspecified atom stereocenters. The molecule has 0 bridgehead atoms. The molecule has 21 heavy (non-hydrogen) atoms. The van der Waals surface area contributed by atoms with Crippen LogP contribution in [-0.2, 0) is 5.60 Å². The van der Waals surface area contributed by atoms with Crippen LogP contribution in [0.3, 0.4) is 0 Å². The van der Waals surface area contributed by atoms with Crippen molar-refractivity contribution in [2.45, 2.75) is 63.9 Å². The van der Waals surface area contributed by atoms with Crippen LogP contribution in [0, 0.1) is 0 Å². The first kappa shape index (κ1) is 16.5. The summed E-state index contributed by atoms with van der Waals surface area (Å²) < 4.78 is 0. The van der Waals surface area contributed by atoms with E-state index in [9.17, 15) is 5.11 Å². The van der Waals surface area contributed by atoms with Gasteiger partial charge in [0.15, 0.2) is 0 Å². The Balaban J connectivity index is 1.97. The number of aliphatic hydroxyl groups is 1. The molecule has 1 atom stereocenters. The summed E-state index contributed by atoms with van der Waals surface area (Å²) in [6, 6.07) is 10.3. The lowest BCUT2D eigenvalue weighted by molar-refractivity contribution is 0.00488. The average molecular weight is 289 g/mol. The summed E-state index contributed by atoms with van der Waals surface area (Å²) in [6.45, 7) is 5.66. The first-order valence-electron chi connectivity index (χ1n) is 8.75. The third-order valence-corrected chi connectivity index (χ3v) is 4.80. The quantitative estimate of drug-likeness (QED) is 0.720. The number of hydrogen-bond acceptors (Lipinski definition) is 2. The Morgan fingerprint density at radius 2 is 1.71 bits per heavy atom. The molecule has 0 saturated carbocycles. The Hall–Kier alpha value is -0.860. The summed E-state index contributed by atoms with van der Waals surface area (Å²) >= 11 is 0. The van der Waals surface area contributed by atoms with E-state index in [1.165, 1.54) is 45.2 Å². The largest absolute Gasteiger partial charge is 0.385 e. The van der Waals surface area contributed by atoms with Crippen molar-refractivity contribution in [2.24, 2.45) is 0 Å². The van der Waals surface area contributed by atoms with Crippen molar-refractivity contribution < 1.29 is 5.11 Å². The van der Waals surface area contributed by atoms with Gasteiger partial charge in [0.2, 0.25) is 0 Å². The number of benzene rings is 1. The molecule has 1 aliphatic heterocycles. The van der Waals surface area contributed by atoms with Crippen molar-refractivity contribution >= 4 is 0 Å². The number of nitrogens with zero attached hydrogens (tertiary/aromatic N) is 1. The third-order valence-electron chi connectivity index (χ3n) is 4.80. The molecule has 1 saturated heterocycles. The minimum Gasteiger partial charge on any atom is -0.385 e. The molecule has 0 aromatic heterocycles. The smallest absolute Gasteiger partial charge is 0.0908 e. The molecule has 0 aliphatic carbocycles. The van der Waals surface area contributed by atoms with Crippen LogP contribution < -0.4 is 0 Å². The standard InChI is InChI=1S/C19H31NO/c1-2-3-8-13-19(21,18-11-6-4-7-12-18)14-17-20-15-9-5-10-16-20/h4,6-7,11-12,21H,2-3,5,8-10,13-17H2,1H3/t19-/m0/s1. The lowest BCUT2D eigenvalue weighted by atomic mass is 9.85. The highest BCUT2D eigenvalue weighted by Gasteiger charge is 2.29. The van der Waals surface area contributed by atoms with Crippen molar-refractivity contribution in [3.63, 3.8) is 0 Å². The van der Waals surface area contributed by atoms with Gasteiger partial charge in [0.1, 0.15) is 0 Å². The van der Waals surface area contributed by atoms with Gasteiger partial charge in [-0.1, -0.05) is 62.9 Å². The van der Waals surface area contributed by atoms with Crippen LogP contribution in [0.25, 0.3) is 0 Å². The lowest BCUT2D eigenvalue weighted by Crippen LogP contribution is -2.36. The van der Waals surface area contributed by atoms with Gasteiger partial charge in [0.25, 0.3) is 0 Å². The van der Waals surface area contributed by atoms with E-state index in [-0.39, 0.29) is 0 Å². The fourth-order valence-electron chi connectivity index (χ4n) is 3.36. The fraction of sp³-hybridized carbons (Fsp3) is 0.684. The molecule has 1 aliphatic rings. The molecule has 0 radical (unpaired) electrons. The maximum absolute atomic E-state index is 11.2. The molecular weight excluding hydrogens is 258 g/mol. The zero-order valence-corrected chi connectivity index (χ0v) is 13.6. The number of piperidine rings is 1. The Bertz CT molecular complexity index is 386. The van der Waals surface area contributed by atoms with Crippen LogP contribution in [0.5, 0.6) is 0 Å². The van der Waals surface area contributed by atoms with Crippen molar-refractivity contribution in [2.75, 3.05) is 19.6 Å². The molecule has 2 heteroatoms. The molecule has 2 nitrogen and oxygen atoms in total. The topological polar surface area (TPSA) is 23.5 Å². The van der Waals surface area contributed by atoms with Crippen LogP contribution in [0.15, 0.2) is 30.3 Å². The highest BCUT2D eigenvalue weighted by atomic mass is 16.3. The van der Waals surface area contributed by atoms with Crippen LogP contribution in [0.1, 0.15) is 63.9 Å². The maximum Gasteiger partial charge on any atom is 0.0908 e. The van der Waals surface area contributed by atoms with E-state index < -0.39 is 5.60 Å². The van der Waals surface area contributed by atoms with Gasteiger partial charge in [-0.25, -0.2) is 0 Å². The summed E-state index contributed by atoms with van der Waals surface area (Å²) in [5.41, 5.74) is 0.451. The van der Waals surface area contributed by atoms with Crippen LogP contribution >= 0.6 is 0 Å². The SMILES string of the molecule is CCCCC[C@](O)(CCN1CCCCC1)c1ccccc1. The van der Waals surface area contributed by atoms with E-state index >= 15 is 0 Å². The summed E-state index contributed by atoms with van der Waals surface area (Å²) in [5.74, 6) is 0. The number of hydrogen-bond donors (Lipinski definition) is 1. The fourth-order valence-corrected chi connectivity index (χ4v) is 3.36. The molecule has 1 aromatic rings. The molecule has 1 heterocycles. The molecule has 1 N–H and O–H groups in total. The van der Waals surface area contributed by atoms with Gasteiger partial charge >= 0.3 is 0 Å². The van der Waals surface area contributed by atoms with Gasteiger partial charge in [-0.3, -0.25) is 0 Å². The number of rotatable bonds is 8.